The quantitative estimate of drug-likeness (QED) is 0.151. The van der Waals surface area contributed by atoms with Gasteiger partial charge in [0.2, 0.25) is 0 Å². The molecular formula is C58H92O9. The summed E-state index contributed by atoms with van der Waals surface area (Å²) >= 11 is 0. The van der Waals surface area contributed by atoms with Gasteiger partial charge in [-0.15, -0.1) is 0 Å². The van der Waals surface area contributed by atoms with Gasteiger partial charge in [0.1, 0.15) is 6.10 Å². The van der Waals surface area contributed by atoms with Crippen LogP contribution in [-0.2, 0) is 28.7 Å². The van der Waals surface area contributed by atoms with Crippen LogP contribution >= 0.6 is 0 Å². The summed E-state index contributed by atoms with van der Waals surface area (Å²) in [6, 6.07) is 0. The predicted molar refractivity (Wildman–Crippen MR) is 276 cm³/mol. The van der Waals surface area contributed by atoms with E-state index < -0.39 is 0 Å². The lowest BCUT2D eigenvalue weighted by Crippen LogP contribution is -2.31. The van der Waals surface area contributed by atoms with Crippen LogP contribution < -0.4 is 0 Å². The normalized spacial score (nSPS) is 24.3. The molecule has 0 aromatic heterocycles. The van der Waals surface area contributed by atoms with E-state index in [9.17, 15) is 39.3 Å². The van der Waals surface area contributed by atoms with Crippen molar-refractivity contribution in [3.8, 4) is 0 Å². The van der Waals surface area contributed by atoms with Crippen LogP contribution in [0.1, 0.15) is 190 Å². The van der Waals surface area contributed by atoms with Crippen LogP contribution in [0.2, 0.25) is 0 Å². The highest BCUT2D eigenvalue weighted by atomic mass is 16.5. The molecule has 0 fully saturated rings. The van der Waals surface area contributed by atoms with Crippen molar-refractivity contribution in [2.75, 3.05) is 0 Å². The first-order valence-electron chi connectivity index (χ1n) is 24.2. The Morgan fingerprint density at radius 3 is 0.836 bits per heavy atom. The van der Waals surface area contributed by atoms with Gasteiger partial charge < -0.3 is 20.1 Å². The highest BCUT2D eigenvalue weighted by molar-refractivity contribution is 5.89. The summed E-state index contributed by atoms with van der Waals surface area (Å²) in [5.41, 5.74) is 9.36. The van der Waals surface area contributed by atoms with Gasteiger partial charge >= 0.3 is 5.97 Å². The largest absolute Gasteiger partial charge is 0.462 e. The van der Waals surface area contributed by atoms with E-state index in [4.69, 9.17) is 4.74 Å². The Morgan fingerprint density at radius 1 is 0.448 bits per heavy atom. The van der Waals surface area contributed by atoms with Gasteiger partial charge in [-0.3, -0.25) is 24.0 Å². The first-order chi connectivity index (χ1) is 30.4. The fourth-order valence-corrected chi connectivity index (χ4v) is 9.81. The smallest absolute Gasteiger partial charge is 0.302 e. The Bertz CT molecular complexity index is 1820. The molecule has 67 heavy (non-hydrogen) atoms. The van der Waals surface area contributed by atoms with E-state index in [1.165, 1.54) is 51.5 Å². The highest BCUT2D eigenvalue weighted by Gasteiger charge is 2.35. The minimum Gasteiger partial charge on any atom is -0.462 e. The van der Waals surface area contributed by atoms with Crippen LogP contribution in [-0.4, -0.2) is 68.8 Å². The average molecular weight is 933 g/mol. The number of hydrogen-bond acceptors (Lipinski definition) is 9. The summed E-state index contributed by atoms with van der Waals surface area (Å²) in [6.07, 6.45) is 19.3. The van der Waals surface area contributed by atoms with Crippen molar-refractivity contribution >= 4 is 29.1 Å². The van der Waals surface area contributed by atoms with Crippen molar-refractivity contribution in [1.82, 2.24) is 0 Å². The molecule has 0 aromatic carbocycles. The molecule has 0 amide bonds. The third-order valence-corrected chi connectivity index (χ3v) is 12.2. The SMILES string of the molecule is CC(=O)/C=C/C1=C(C)CC(O)CC1(C)C.CC(=O)/C=C/C1=C(C)C[C@@H](O)CC1(C)C.CC(=O)/C=C/C1=C(C)C[C@@H](OC(C)=O)CC1(C)C.CC(=O)/C=C/C1=C(C)C[C@H](O)CC1(C)C.CC(C)C. The van der Waals surface area contributed by atoms with Crippen LogP contribution in [0.4, 0.5) is 0 Å². The number of carbonyl (C=O) groups excluding carboxylic acids is 5. The maximum atomic E-state index is 11.0. The standard InChI is InChI=1S/C15H22O3.3C13H20O2.C4H10/c1-10-8-13(18-12(3)17)9-15(4,5)14(10)7-6-11(2)16;3*1-9-7-11(15)8-13(3,4)12(9)6-5-10(2)14;1-4(2)3/h6-7,13H,8-9H2,1-5H3;3*5-6,11,15H,7-8H2,1-4H3;4H,1-3H3/b7-6+;3*6-5+;/t13-;2*11-;;/m110../s1. The van der Waals surface area contributed by atoms with Crippen molar-refractivity contribution in [1.29, 1.82) is 0 Å². The number of aliphatic hydroxyl groups excluding tert-OH is 3. The number of hydrogen-bond donors (Lipinski definition) is 3. The maximum Gasteiger partial charge on any atom is 0.302 e. The van der Waals surface area contributed by atoms with Crippen molar-refractivity contribution in [3.63, 3.8) is 0 Å². The fraction of sp³-hybridized carbons (Fsp3) is 0.638. The number of aliphatic hydroxyl groups is 3. The van der Waals surface area contributed by atoms with Crippen LogP contribution in [0.3, 0.4) is 0 Å². The molecule has 0 saturated heterocycles. The number of ether oxygens (including phenoxy) is 1. The molecule has 0 spiro atoms. The van der Waals surface area contributed by atoms with Gasteiger partial charge in [0.25, 0.3) is 0 Å². The molecule has 0 radical (unpaired) electrons. The van der Waals surface area contributed by atoms with Gasteiger partial charge in [0, 0.05) is 13.3 Å². The second-order valence-corrected chi connectivity index (χ2v) is 22.6. The Kier molecular flexibility index (Phi) is 26.1. The zero-order valence-electron chi connectivity index (χ0n) is 45.5. The summed E-state index contributed by atoms with van der Waals surface area (Å²) in [6.45, 7) is 39.2. The third kappa shape index (κ3) is 24.2. The predicted octanol–water partition coefficient (Wildman–Crippen LogP) is 12.7. The first-order valence-corrected chi connectivity index (χ1v) is 24.2. The second-order valence-electron chi connectivity index (χ2n) is 22.6. The highest BCUT2D eigenvalue weighted by Crippen LogP contribution is 2.44. The Balaban J connectivity index is 0.000000845. The lowest BCUT2D eigenvalue weighted by Gasteiger charge is -2.37. The van der Waals surface area contributed by atoms with Gasteiger partial charge in [0.05, 0.1) is 18.3 Å². The van der Waals surface area contributed by atoms with Crippen molar-refractivity contribution in [2.45, 2.75) is 214 Å². The zero-order chi connectivity index (χ0) is 52.4. The maximum absolute atomic E-state index is 11.0. The van der Waals surface area contributed by atoms with E-state index in [1.807, 2.05) is 52.0 Å². The fourth-order valence-electron chi connectivity index (χ4n) is 9.81. The van der Waals surface area contributed by atoms with Crippen molar-refractivity contribution in [3.05, 3.63) is 93.2 Å². The minimum atomic E-state index is -0.241. The first kappa shape index (κ1) is 63.0. The second kappa shape index (κ2) is 27.8. The summed E-state index contributed by atoms with van der Waals surface area (Å²) in [5, 5.41) is 29.1. The molecule has 4 atom stereocenters. The zero-order valence-corrected chi connectivity index (χ0v) is 45.5. The molecule has 0 saturated carbocycles. The molecule has 0 aliphatic heterocycles. The molecule has 9 heteroatoms. The monoisotopic (exact) mass is 933 g/mol. The number of carbonyl (C=O) groups is 5. The van der Waals surface area contributed by atoms with Crippen molar-refractivity contribution in [2.24, 2.45) is 27.6 Å². The molecule has 4 rings (SSSR count). The number of rotatable bonds is 9. The van der Waals surface area contributed by atoms with E-state index >= 15 is 0 Å². The van der Waals surface area contributed by atoms with Crippen LogP contribution in [0, 0.1) is 27.6 Å². The van der Waals surface area contributed by atoms with E-state index in [0.717, 1.165) is 57.3 Å². The molecule has 0 bridgehead atoms. The van der Waals surface area contributed by atoms with Gasteiger partial charge in [-0.05, 0) is 175 Å². The van der Waals surface area contributed by atoms with Crippen LogP contribution in [0.25, 0.3) is 0 Å². The van der Waals surface area contributed by atoms with Gasteiger partial charge in [-0.2, -0.15) is 0 Å². The number of allylic oxidation sites excluding steroid dienone is 12. The Labute approximate surface area is 406 Å². The Morgan fingerprint density at radius 2 is 0.657 bits per heavy atom. The molecule has 0 aromatic rings. The van der Waals surface area contributed by atoms with Crippen LogP contribution in [0.5, 0.6) is 0 Å². The molecule has 9 nitrogen and oxygen atoms in total. The summed E-state index contributed by atoms with van der Waals surface area (Å²) < 4.78 is 5.31. The molecule has 3 N–H and O–H groups in total. The number of esters is 1. The van der Waals surface area contributed by atoms with Gasteiger partial charge in [0.15, 0.2) is 23.1 Å². The third-order valence-electron chi connectivity index (χ3n) is 12.2. The molecule has 378 valence electrons. The van der Waals surface area contributed by atoms with E-state index in [1.54, 1.807) is 52.0 Å². The van der Waals surface area contributed by atoms with E-state index in [2.05, 4.69) is 76.2 Å². The summed E-state index contributed by atoms with van der Waals surface area (Å²) in [4.78, 5) is 54.8. The molecule has 1 unspecified atom stereocenters. The Hall–Kier alpha value is -4.05. The summed E-state index contributed by atoms with van der Waals surface area (Å²) in [5.74, 6) is 0.853. The van der Waals surface area contributed by atoms with E-state index in [-0.39, 0.29) is 75.2 Å². The average Bonchev–Trinajstić information content (AvgIpc) is 3.08. The van der Waals surface area contributed by atoms with Gasteiger partial charge in [-0.1, -0.05) is 123 Å². The molecular weight excluding hydrogens is 841 g/mol. The van der Waals surface area contributed by atoms with Gasteiger partial charge in [-0.25, -0.2) is 0 Å². The lowest BCUT2D eigenvalue weighted by molar-refractivity contribution is -0.147. The lowest BCUT2D eigenvalue weighted by atomic mass is 9.71. The topological polar surface area (TPSA) is 155 Å². The summed E-state index contributed by atoms with van der Waals surface area (Å²) in [7, 11) is 0. The minimum absolute atomic E-state index is 0.0340. The number of ketones is 4. The molecule has 4 aliphatic carbocycles. The van der Waals surface area contributed by atoms with Crippen molar-refractivity contribution < 1.29 is 44.0 Å². The molecule has 4 aliphatic rings. The molecule has 0 heterocycles. The van der Waals surface area contributed by atoms with E-state index in [0.29, 0.717) is 0 Å². The van der Waals surface area contributed by atoms with Crippen LogP contribution in [0.15, 0.2) is 93.2 Å².